The summed E-state index contributed by atoms with van der Waals surface area (Å²) in [6, 6.07) is 7.57. The second-order valence-electron chi connectivity index (χ2n) is 5.38. The summed E-state index contributed by atoms with van der Waals surface area (Å²) in [5.74, 6) is -0.0729. The van der Waals surface area contributed by atoms with Gasteiger partial charge in [0.1, 0.15) is 0 Å². The molecule has 4 heteroatoms. The van der Waals surface area contributed by atoms with E-state index in [1.54, 1.807) is 7.05 Å². The Labute approximate surface area is 121 Å². The van der Waals surface area contributed by atoms with Crippen molar-refractivity contribution in [2.45, 2.75) is 38.8 Å². The van der Waals surface area contributed by atoms with Crippen molar-refractivity contribution < 1.29 is 9.90 Å². The van der Waals surface area contributed by atoms with Gasteiger partial charge in [-0.15, -0.1) is 0 Å². The van der Waals surface area contributed by atoms with Gasteiger partial charge in [0.15, 0.2) is 0 Å². The molecule has 0 spiro atoms. The number of benzene rings is 1. The highest BCUT2D eigenvalue weighted by Gasteiger charge is 2.23. The molecule has 0 heterocycles. The quantitative estimate of drug-likeness (QED) is 0.802. The third-order valence-electron chi connectivity index (χ3n) is 3.78. The Kier molecular flexibility index (Phi) is 6.17. The maximum absolute atomic E-state index is 11.5. The number of rotatable bonds is 7. The maximum atomic E-state index is 11.5. The number of nitrogens with one attached hydrogen (secondary N) is 1. The number of nitrogens with zero attached hydrogens (tertiary/aromatic N) is 1. The first-order valence-corrected chi connectivity index (χ1v) is 7.16. The molecule has 1 rings (SSSR count). The van der Waals surface area contributed by atoms with Gasteiger partial charge in [-0.3, -0.25) is 9.69 Å². The second kappa shape index (κ2) is 7.41. The van der Waals surface area contributed by atoms with E-state index in [1.807, 2.05) is 45.2 Å². The SMILES string of the molecule is CCC(O)(CC)CN(C)Cc1ccc(C(=O)NC)cc1. The Morgan fingerprint density at radius 2 is 1.80 bits per heavy atom. The zero-order valence-corrected chi connectivity index (χ0v) is 12.9. The molecule has 112 valence electrons. The molecule has 0 saturated carbocycles. The summed E-state index contributed by atoms with van der Waals surface area (Å²) in [5.41, 5.74) is 1.18. The normalized spacial score (nSPS) is 11.7. The average molecular weight is 278 g/mol. The largest absolute Gasteiger partial charge is 0.389 e. The molecule has 0 unspecified atom stereocenters. The minimum atomic E-state index is -0.614. The molecule has 0 bridgehead atoms. The van der Waals surface area contributed by atoms with Crippen molar-refractivity contribution in [2.24, 2.45) is 0 Å². The minimum Gasteiger partial charge on any atom is -0.389 e. The lowest BCUT2D eigenvalue weighted by Gasteiger charge is -2.30. The van der Waals surface area contributed by atoms with E-state index in [0.717, 1.165) is 24.9 Å². The highest BCUT2D eigenvalue weighted by molar-refractivity contribution is 5.93. The fourth-order valence-corrected chi connectivity index (χ4v) is 2.25. The lowest BCUT2D eigenvalue weighted by Crippen LogP contribution is -2.40. The van der Waals surface area contributed by atoms with Crippen LogP contribution in [-0.2, 0) is 6.54 Å². The standard InChI is InChI=1S/C16H26N2O2/c1-5-16(20,6-2)12-18(4)11-13-7-9-14(10-8-13)15(19)17-3/h7-10,20H,5-6,11-12H2,1-4H3,(H,17,19). The van der Waals surface area contributed by atoms with Crippen LogP contribution in [0.25, 0.3) is 0 Å². The Bertz CT molecular complexity index is 425. The number of hydrogen-bond acceptors (Lipinski definition) is 3. The van der Waals surface area contributed by atoms with Crippen molar-refractivity contribution in [1.82, 2.24) is 10.2 Å². The van der Waals surface area contributed by atoms with Gasteiger partial charge >= 0.3 is 0 Å². The van der Waals surface area contributed by atoms with Gasteiger partial charge in [0, 0.05) is 25.7 Å². The summed E-state index contributed by atoms with van der Waals surface area (Å²) in [4.78, 5) is 13.6. The summed E-state index contributed by atoms with van der Waals surface area (Å²) in [6.07, 6.45) is 1.51. The van der Waals surface area contributed by atoms with Crippen molar-refractivity contribution in [3.63, 3.8) is 0 Å². The molecule has 0 atom stereocenters. The third-order valence-corrected chi connectivity index (χ3v) is 3.78. The first kappa shape index (κ1) is 16.7. The molecule has 0 aliphatic heterocycles. The van der Waals surface area contributed by atoms with Crippen LogP contribution in [0.15, 0.2) is 24.3 Å². The van der Waals surface area contributed by atoms with Gasteiger partial charge in [-0.05, 0) is 37.6 Å². The Morgan fingerprint density at radius 3 is 2.25 bits per heavy atom. The molecule has 1 aromatic carbocycles. The summed E-state index contributed by atoms with van der Waals surface area (Å²) < 4.78 is 0. The highest BCUT2D eigenvalue weighted by Crippen LogP contribution is 2.17. The maximum Gasteiger partial charge on any atom is 0.251 e. The zero-order valence-electron chi connectivity index (χ0n) is 12.9. The number of carbonyl (C=O) groups is 1. The molecule has 2 N–H and O–H groups in total. The van der Waals surface area contributed by atoms with Crippen LogP contribution in [0.4, 0.5) is 0 Å². The van der Waals surface area contributed by atoms with Crippen molar-refractivity contribution >= 4 is 5.91 Å². The van der Waals surface area contributed by atoms with E-state index in [1.165, 1.54) is 0 Å². The van der Waals surface area contributed by atoms with Crippen LogP contribution in [0.2, 0.25) is 0 Å². The molecule has 20 heavy (non-hydrogen) atoms. The van der Waals surface area contributed by atoms with Crippen molar-refractivity contribution in [1.29, 1.82) is 0 Å². The first-order valence-electron chi connectivity index (χ1n) is 7.16. The number of aliphatic hydroxyl groups is 1. The van der Waals surface area contributed by atoms with E-state index >= 15 is 0 Å². The first-order chi connectivity index (χ1) is 9.44. The average Bonchev–Trinajstić information content (AvgIpc) is 2.46. The fourth-order valence-electron chi connectivity index (χ4n) is 2.25. The van der Waals surface area contributed by atoms with Crippen LogP contribution in [0.1, 0.15) is 42.6 Å². The summed E-state index contributed by atoms with van der Waals surface area (Å²) in [5, 5.41) is 12.9. The predicted molar refractivity (Wildman–Crippen MR) is 81.7 cm³/mol. The van der Waals surface area contributed by atoms with E-state index in [0.29, 0.717) is 12.1 Å². The van der Waals surface area contributed by atoms with Gasteiger partial charge < -0.3 is 10.4 Å². The van der Waals surface area contributed by atoms with Crippen LogP contribution in [0.3, 0.4) is 0 Å². The molecule has 0 saturated heterocycles. The number of hydrogen-bond donors (Lipinski definition) is 2. The number of likely N-dealkylation sites (N-methyl/N-ethyl adjacent to an activating group) is 1. The highest BCUT2D eigenvalue weighted by atomic mass is 16.3. The number of amides is 1. The van der Waals surface area contributed by atoms with E-state index in [-0.39, 0.29) is 5.91 Å². The van der Waals surface area contributed by atoms with Crippen LogP contribution >= 0.6 is 0 Å². The summed E-state index contributed by atoms with van der Waals surface area (Å²) in [6.45, 7) is 5.43. The molecule has 0 aliphatic rings. The lowest BCUT2D eigenvalue weighted by molar-refractivity contribution is 0.00131. The molecule has 0 radical (unpaired) electrons. The van der Waals surface area contributed by atoms with E-state index in [9.17, 15) is 9.90 Å². The van der Waals surface area contributed by atoms with Gasteiger partial charge in [0.2, 0.25) is 0 Å². The van der Waals surface area contributed by atoms with Gasteiger partial charge in [-0.1, -0.05) is 26.0 Å². The van der Waals surface area contributed by atoms with Crippen LogP contribution < -0.4 is 5.32 Å². The zero-order chi connectivity index (χ0) is 15.2. The predicted octanol–water partition coefficient (Wildman–Crippen LogP) is 2.03. The van der Waals surface area contributed by atoms with Gasteiger partial charge in [0.05, 0.1) is 5.60 Å². The summed E-state index contributed by atoms with van der Waals surface area (Å²) in [7, 11) is 3.63. The second-order valence-corrected chi connectivity index (χ2v) is 5.38. The molecule has 0 fully saturated rings. The summed E-state index contributed by atoms with van der Waals surface area (Å²) >= 11 is 0. The minimum absolute atomic E-state index is 0.0729. The van der Waals surface area contributed by atoms with Crippen LogP contribution in [-0.4, -0.2) is 42.2 Å². The molecule has 0 aromatic heterocycles. The topological polar surface area (TPSA) is 52.6 Å². The lowest BCUT2D eigenvalue weighted by atomic mass is 9.97. The molecule has 1 aromatic rings. The van der Waals surface area contributed by atoms with Crippen molar-refractivity contribution in [3.8, 4) is 0 Å². The Hall–Kier alpha value is -1.39. The van der Waals surface area contributed by atoms with Crippen molar-refractivity contribution in [2.75, 3.05) is 20.6 Å². The molecular weight excluding hydrogens is 252 g/mol. The number of carbonyl (C=O) groups excluding carboxylic acids is 1. The van der Waals surface area contributed by atoms with E-state index in [4.69, 9.17) is 0 Å². The van der Waals surface area contributed by atoms with Gasteiger partial charge in [-0.25, -0.2) is 0 Å². The third kappa shape index (κ3) is 4.62. The van der Waals surface area contributed by atoms with E-state index < -0.39 is 5.60 Å². The molecular formula is C16H26N2O2. The van der Waals surface area contributed by atoms with Crippen LogP contribution in [0.5, 0.6) is 0 Å². The molecule has 0 aliphatic carbocycles. The van der Waals surface area contributed by atoms with E-state index in [2.05, 4.69) is 10.2 Å². The monoisotopic (exact) mass is 278 g/mol. The molecule has 1 amide bonds. The van der Waals surface area contributed by atoms with Gasteiger partial charge in [0.25, 0.3) is 5.91 Å². The van der Waals surface area contributed by atoms with Crippen molar-refractivity contribution in [3.05, 3.63) is 35.4 Å². The molecule has 4 nitrogen and oxygen atoms in total. The Morgan fingerprint density at radius 1 is 1.25 bits per heavy atom. The Balaban J connectivity index is 2.62. The smallest absolute Gasteiger partial charge is 0.251 e. The van der Waals surface area contributed by atoms with Gasteiger partial charge in [-0.2, -0.15) is 0 Å². The fraction of sp³-hybridized carbons (Fsp3) is 0.562. The van der Waals surface area contributed by atoms with Crippen LogP contribution in [0, 0.1) is 0 Å².